The summed E-state index contributed by atoms with van der Waals surface area (Å²) >= 11 is 1.64. The zero-order valence-electron chi connectivity index (χ0n) is 12.9. The standard InChI is InChI=1S/C18H14N4S2/c1-23-13-6-4-12(5-7-13)16-14(10-19)17(21)22-18(15(16)11-20)24-8-2-3-9-24/h2-9,24H,1H3,(H2,21,22). The molecule has 4 nitrogen and oxygen atoms in total. The lowest BCUT2D eigenvalue weighted by atomic mass is 9.97. The van der Waals surface area contributed by atoms with E-state index in [9.17, 15) is 10.5 Å². The molecule has 24 heavy (non-hydrogen) atoms. The highest BCUT2D eigenvalue weighted by molar-refractivity contribution is 8.22. The molecule has 0 spiro atoms. The Labute approximate surface area is 147 Å². The van der Waals surface area contributed by atoms with E-state index in [0.717, 1.165) is 10.5 Å². The summed E-state index contributed by atoms with van der Waals surface area (Å²) in [6.45, 7) is 0. The average Bonchev–Trinajstić information content (AvgIpc) is 3.15. The van der Waals surface area contributed by atoms with Crippen LogP contribution in [0.15, 0.2) is 57.2 Å². The van der Waals surface area contributed by atoms with Crippen LogP contribution in [0.5, 0.6) is 0 Å². The number of allylic oxidation sites excluding steroid dienone is 2. The zero-order chi connectivity index (χ0) is 17.1. The summed E-state index contributed by atoms with van der Waals surface area (Å²) in [6, 6.07) is 12.1. The molecule has 0 bridgehead atoms. The number of rotatable bonds is 3. The lowest BCUT2D eigenvalue weighted by Crippen LogP contribution is -2.04. The summed E-state index contributed by atoms with van der Waals surface area (Å²) in [5.74, 6) is 0.173. The van der Waals surface area contributed by atoms with Gasteiger partial charge >= 0.3 is 0 Å². The number of pyridine rings is 1. The topological polar surface area (TPSA) is 86.5 Å². The van der Waals surface area contributed by atoms with E-state index in [1.165, 1.54) is 0 Å². The van der Waals surface area contributed by atoms with Gasteiger partial charge in [0.1, 0.15) is 28.5 Å². The van der Waals surface area contributed by atoms with E-state index in [1.807, 2.05) is 53.5 Å². The summed E-state index contributed by atoms with van der Waals surface area (Å²) in [4.78, 5) is 5.49. The van der Waals surface area contributed by atoms with Crippen molar-refractivity contribution in [1.29, 1.82) is 10.5 Å². The van der Waals surface area contributed by atoms with Gasteiger partial charge in [0.15, 0.2) is 0 Å². The largest absolute Gasteiger partial charge is 0.383 e. The fourth-order valence-electron chi connectivity index (χ4n) is 2.52. The van der Waals surface area contributed by atoms with Crippen LogP contribution in [0.25, 0.3) is 11.1 Å². The van der Waals surface area contributed by atoms with Gasteiger partial charge < -0.3 is 5.73 Å². The van der Waals surface area contributed by atoms with Crippen molar-refractivity contribution in [3.8, 4) is 23.3 Å². The summed E-state index contributed by atoms with van der Waals surface area (Å²) in [7, 11) is -0.805. The number of nitrogens with two attached hydrogens (primary N) is 1. The normalized spacial score (nSPS) is 13.7. The molecule has 118 valence electrons. The third kappa shape index (κ3) is 2.78. The molecule has 1 aromatic carbocycles. The minimum Gasteiger partial charge on any atom is -0.383 e. The summed E-state index contributed by atoms with van der Waals surface area (Å²) in [6.07, 6.45) is 5.88. The molecule has 0 amide bonds. The summed E-state index contributed by atoms with van der Waals surface area (Å²) in [5, 5.41) is 24.0. The van der Waals surface area contributed by atoms with E-state index in [-0.39, 0.29) is 11.4 Å². The second-order valence-corrected chi connectivity index (χ2v) is 7.70. The number of anilines is 1. The lowest BCUT2D eigenvalue weighted by molar-refractivity contribution is 1.12. The predicted octanol–water partition coefficient (Wildman–Crippen LogP) is 4.20. The van der Waals surface area contributed by atoms with Gasteiger partial charge in [-0.2, -0.15) is 21.4 Å². The fourth-order valence-corrected chi connectivity index (χ4v) is 4.52. The second kappa shape index (κ2) is 6.84. The Kier molecular flexibility index (Phi) is 4.61. The van der Waals surface area contributed by atoms with E-state index in [2.05, 4.69) is 17.1 Å². The van der Waals surface area contributed by atoms with E-state index < -0.39 is 10.9 Å². The third-order valence-corrected chi connectivity index (χ3v) is 6.20. The Hall–Kier alpha value is -2.67. The van der Waals surface area contributed by atoms with Gasteiger partial charge in [-0.05, 0) is 34.8 Å². The molecule has 1 aliphatic rings. The van der Waals surface area contributed by atoms with Gasteiger partial charge in [0.25, 0.3) is 0 Å². The molecule has 2 heterocycles. The molecule has 3 rings (SSSR count). The molecule has 1 aliphatic heterocycles. The molecule has 6 heteroatoms. The molecule has 0 atom stereocenters. The maximum absolute atomic E-state index is 9.75. The third-order valence-electron chi connectivity index (χ3n) is 3.66. The Balaban J connectivity index is 2.29. The van der Waals surface area contributed by atoms with Gasteiger partial charge in [-0.3, -0.25) is 0 Å². The van der Waals surface area contributed by atoms with Crippen molar-refractivity contribution in [2.75, 3.05) is 12.0 Å². The molecular formula is C18H14N4S2. The number of thioether (sulfide) groups is 1. The zero-order valence-corrected chi connectivity index (χ0v) is 14.6. The minimum atomic E-state index is -0.805. The van der Waals surface area contributed by atoms with Crippen LogP contribution in [0.4, 0.5) is 5.82 Å². The first-order valence-electron chi connectivity index (χ1n) is 7.11. The number of hydrogen-bond donors (Lipinski definition) is 2. The molecule has 0 radical (unpaired) electrons. The van der Waals surface area contributed by atoms with Crippen LogP contribution in [0.3, 0.4) is 0 Å². The van der Waals surface area contributed by atoms with Crippen molar-refractivity contribution in [3.05, 3.63) is 58.4 Å². The van der Waals surface area contributed by atoms with Gasteiger partial charge in [-0.25, -0.2) is 4.98 Å². The number of hydrogen-bond acceptors (Lipinski definition) is 5. The average molecular weight is 350 g/mol. The van der Waals surface area contributed by atoms with Crippen LogP contribution in [0.2, 0.25) is 0 Å². The van der Waals surface area contributed by atoms with Crippen molar-refractivity contribution in [1.82, 2.24) is 4.98 Å². The van der Waals surface area contributed by atoms with Crippen molar-refractivity contribution in [2.45, 2.75) is 9.92 Å². The van der Waals surface area contributed by atoms with E-state index in [4.69, 9.17) is 5.73 Å². The molecular weight excluding hydrogens is 336 g/mol. The van der Waals surface area contributed by atoms with Gasteiger partial charge in [0.2, 0.25) is 0 Å². The Bertz CT molecular complexity index is 919. The number of nitrogens with zero attached hydrogens (tertiary/aromatic N) is 3. The molecule has 0 unspecified atom stereocenters. The Morgan fingerprint density at radius 2 is 1.67 bits per heavy atom. The lowest BCUT2D eigenvalue weighted by Gasteiger charge is -2.17. The van der Waals surface area contributed by atoms with Gasteiger partial charge in [0, 0.05) is 10.5 Å². The quantitative estimate of drug-likeness (QED) is 0.640. The number of benzene rings is 1. The SMILES string of the molecule is CSc1ccc(-c2c(C#N)c(N)nc([SH]3C=CC=C3)c2C#N)cc1. The predicted molar refractivity (Wildman–Crippen MR) is 101 cm³/mol. The van der Waals surface area contributed by atoms with E-state index in [1.54, 1.807) is 11.8 Å². The molecule has 2 N–H and O–H groups in total. The summed E-state index contributed by atoms with van der Waals surface area (Å²) in [5.41, 5.74) is 8.10. The highest BCUT2D eigenvalue weighted by Crippen LogP contribution is 2.46. The molecule has 0 aliphatic carbocycles. The van der Waals surface area contributed by atoms with Gasteiger partial charge in [0.05, 0.1) is 5.56 Å². The van der Waals surface area contributed by atoms with Crippen molar-refractivity contribution in [3.63, 3.8) is 0 Å². The first kappa shape index (κ1) is 16.2. The van der Waals surface area contributed by atoms with Crippen LogP contribution in [-0.2, 0) is 0 Å². The smallest absolute Gasteiger partial charge is 0.143 e. The maximum atomic E-state index is 9.75. The van der Waals surface area contributed by atoms with Gasteiger partial charge in [-0.15, -0.1) is 11.8 Å². The van der Waals surface area contributed by atoms with E-state index >= 15 is 0 Å². The van der Waals surface area contributed by atoms with Crippen molar-refractivity contribution < 1.29 is 0 Å². The maximum Gasteiger partial charge on any atom is 0.143 e. The minimum absolute atomic E-state index is 0.173. The van der Waals surface area contributed by atoms with Crippen molar-refractivity contribution >= 4 is 28.5 Å². The Morgan fingerprint density at radius 1 is 1.04 bits per heavy atom. The van der Waals surface area contributed by atoms with E-state index in [0.29, 0.717) is 16.2 Å². The monoisotopic (exact) mass is 350 g/mol. The molecule has 0 fully saturated rings. The fraction of sp³-hybridized carbons (Fsp3) is 0.0556. The van der Waals surface area contributed by atoms with Crippen LogP contribution >= 0.6 is 22.7 Å². The molecule has 0 saturated carbocycles. The van der Waals surface area contributed by atoms with Crippen LogP contribution in [0.1, 0.15) is 11.1 Å². The number of aromatic nitrogens is 1. The highest BCUT2D eigenvalue weighted by atomic mass is 32.2. The number of nitriles is 2. The van der Waals surface area contributed by atoms with Crippen molar-refractivity contribution in [2.24, 2.45) is 0 Å². The van der Waals surface area contributed by atoms with Crippen LogP contribution in [0, 0.1) is 22.7 Å². The second-order valence-electron chi connectivity index (χ2n) is 4.99. The molecule has 0 saturated heterocycles. The molecule has 1 aromatic heterocycles. The number of nitrogen functional groups attached to an aromatic ring is 1. The Morgan fingerprint density at radius 3 is 2.21 bits per heavy atom. The highest BCUT2D eigenvalue weighted by Gasteiger charge is 2.22. The first-order valence-corrected chi connectivity index (χ1v) is 9.81. The van der Waals surface area contributed by atoms with Gasteiger partial charge in [-0.1, -0.05) is 24.3 Å². The van der Waals surface area contributed by atoms with Crippen LogP contribution < -0.4 is 5.73 Å². The summed E-state index contributed by atoms with van der Waals surface area (Å²) < 4.78 is 0. The first-order chi connectivity index (χ1) is 11.7. The number of thiol groups is 1. The van der Waals surface area contributed by atoms with Crippen LogP contribution in [-0.4, -0.2) is 11.2 Å². The molecule has 2 aromatic rings.